The van der Waals surface area contributed by atoms with Gasteiger partial charge in [0.25, 0.3) is 0 Å². The highest BCUT2D eigenvalue weighted by Gasteiger charge is 2.28. The topological polar surface area (TPSA) is 88.1 Å². The van der Waals surface area contributed by atoms with Gasteiger partial charge in [0.15, 0.2) is 0 Å². The van der Waals surface area contributed by atoms with Gasteiger partial charge in [-0.3, -0.25) is 4.79 Å². The lowest BCUT2D eigenvalue weighted by Gasteiger charge is -2.28. The molecule has 7 nitrogen and oxygen atoms in total. The zero-order valence-electron chi connectivity index (χ0n) is 17.0. The number of aliphatic hydroxyl groups is 1. The van der Waals surface area contributed by atoms with Gasteiger partial charge in [-0.25, -0.2) is 4.79 Å². The van der Waals surface area contributed by atoms with Crippen LogP contribution in [0.25, 0.3) is 0 Å². The first kappa shape index (κ1) is 23.7. The summed E-state index contributed by atoms with van der Waals surface area (Å²) < 4.78 is 10.9. The minimum absolute atomic E-state index is 0.0109. The van der Waals surface area contributed by atoms with Crippen LogP contribution in [0.5, 0.6) is 0 Å². The molecule has 0 aliphatic heterocycles. The highest BCUT2D eigenvalue weighted by molar-refractivity contribution is 5.86. The lowest BCUT2D eigenvalue weighted by atomic mass is 10.2. The van der Waals surface area contributed by atoms with Crippen LogP contribution in [0.1, 0.15) is 32.8 Å². The molecule has 0 aromatic heterocycles. The molecular weight excluding hydrogens is 360 g/mol. The van der Waals surface area contributed by atoms with Crippen LogP contribution < -0.4 is 5.32 Å². The normalized spacial score (nSPS) is 12.1. The van der Waals surface area contributed by atoms with Crippen LogP contribution in [0.15, 0.2) is 43.0 Å². The predicted molar refractivity (Wildman–Crippen MR) is 108 cm³/mol. The quantitative estimate of drug-likeness (QED) is 0.565. The average Bonchev–Trinajstić information content (AvgIpc) is 2.63. The lowest BCUT2D eigenvalue weighted by Crippen LogP contribution is -2.52. The molecule has 0 fully saturated rings. The third-order valence-electron chi connectivity index (χ3n) is 3.67. The van der Waals surface area contributed by atoms with Crippen LogP contribution in [0, 0.1) is 0 Å². The number of alkyl carbamates (subject to hydrolysis) is 1. The largest absolute Gasteiger partial charge is 0.444 e. The summed E-state index contributed by atoms with van der Waals surface area (Å²) in [5.41, 5.74) is 0.278. The summed E-state index contributed by atoms with van der Waals surface area (Å²) >= 11 is 0. The Morgan fingerprint density at radius 2 is 1.93 bits per heavy atom. The molecule has 1 rings (SSSR count). The molecule has 0 unspecified atom stereocenters. The van der Waals surface area contributed by atoms with Crippen LogP contribution in [-0.2, 0) is 20.9 Å². The number of amides is 2. The Morgan fingerprint density at radius 1 is 1.25 bits per heavy atom. The van der Waals surface area contributed by atoms with Gasteiger partial charge in [0.05, 0.1) is 19.8 Å². The lowest BCUT2D eigenvalue weighted by molar-refractivity contribution is -0.135. The Kier molecular flexibility index (Phi) is 10.3. The molecule has 7 heteroatoms. The Labute approximate surface area is 167 Å². The fourth-order valence-electron chi connectivity index (χ4n) is 2.41. The van der Waals surface area contributed by atoms with E-state index in [9.17, 15) is 14.7 Å². The van der Waals surface area contributed by atoms with E-state index in [1.54, 1.807) is 26.8 Å². The number of benzene rings is 1. The van der Waals surface area contributed by atoms with E-state index in [0.29, 0.717) is 19.6 Å². The first-order valence-corrected chi connectivity index (χ1v) is 9.38. The average molecular weight is 392 g/mol. The van der Waals surface area contributed by atoms with Crippen molar-refractivity contribution in [2.45, 2.75) is 45.4 Å². The molecule has 0 bridgehead atoms. The molecule has 1 aromatic rings. The van der Waals surface area contributed by atoms with Crippen molar-refractivity contribution in [3.63, 3.8) is 0 Å². The molecule has 0 heterocycles. The van der Waals surface area contributed by atoms with Gasteiger partial charge in [-0.2, -0.15) is 0 Å². The summed E-state index contributed by atoms with van der Waals surface area (Å²) in [4.78, 5) is 26.6. The molecule has 0 spiro atoms. The number of hydrogen-bond acceptors (Lipinski definition) is 5. The van der Waals surface area contributed by atoms with E-state index in [2.05, 4.69) is 11.9 Å². The highest BCUT2D eigenvalue weighted by Crippen LogP contribution is 2.08. The fraction of sp³-hybridized carbons (Fsp3) is 0.524. The molecule has 0 saturated carbocycles. The zero-order valence-corrected chi connectivity index (χ0v) is 17.0. The van der Waals surface area contributed by atoms with E-state index in [1.165, 1.54) is 4.90 Å². The third-order valence-corrected chi connectivity index (χ3v) is 3.67. The van der Waals surface area contributed by atoms with Crippen LogP contribution in [0.4, 0.5) is 4.79 Å². The molecule has 1 aromatic carbocycles. The van der Waals surface area contributed by atoms with Crippen molar-refractivity contribution in [2.75, 3.05) is 26.3 Å². The van der Waals surface area contributed by atoms with Gasteiger partial charge in [0.1, 0.15) is 11.6 Å². The highest BCUT2D eigenvalue weighted by atomic mass is 16.6. The number of ether oxygens (including phenoxy) is 2. The summed E-state index contributed by atoms with van der Waals surface area (Å²) in [5.74, 6) is -0.338. The van der Waals surface area contributed by atoms with E-state index in [4.69, 9.17) is 9.47 Å². The second-order valence-corrected chi connectivity index (χ2v) is 7.33. The Bertz CT molecular complexity index is 613. The summed E-state index contributed by atoms with van der Waals surface area (Å²) in [6, 6.07) is 8.62. The number of rotatable bonds is 11. The van der Waals surface area contributed by atoms with Crippen LogP contribution >= 0.6 is 0 Å². The monoisotopic (exact) mass is 392 g/mol. The molecule has 0 aliphatic carbocycles. The second-order valence-electron chi connectivity index (χ2n) is 7.33. The second kappa shape index (κ2) is 12.2. The number of carbonyl (C=O) groups is 2. The van der Waals surface area contributed by atoms with Crippen LogP contribution in [0.2, 0.25) is 0 Å². The van der Waals surface area contributed by atoms with Gasteiger partial charge in [-0.15, -0.1) is 6.58 Å². The van der Waals surface area contributed by atoms with Gasteiger partial charge < -0.3 is 24.8 Å². The van der Waals surface area contributed by atoms with Gasteiger partial charge >= 0.3 is 6.09 Å². The van der Waals surface area contributed by atoms with Gasteiger partial charge in [-0.1, -0.05) is 36.4 Å². The van der Waals surface area contributed by atoms with Crippen LogP contribution in [-0.4, -0.2) is 60.0 Å². The first-order valence-electron chi connectivity index (χ1n) is 9.38. The molecule has 156 valence electrons. The van der Waals surface area contributed by atoms with Crippen molar-refractivity contribution >= 4 is 12.0 Å². The number of hydrogen-bond donors (Lipinski definition) is 2. The van der Waals surface area contributed by atoms with E-state index >= 15 is 0 Å². The van der Waals surface area contributed by atoms with Crippen molar-refractivity contribution in [3.8, 4) is 0 Å². The smallest absolute Gasteiger partial charge is 0.408 e. The van der Waals surface area contributed by atoms with Crippen molar-refractivity contribution in [1.82, 2.24) is 10.2 Å². The fourth-order valence-corrected chi connectivity index (χ4v) is 2.41. The maximum atomic E-state index is 12.9. The summed E-state index contributed by atoms with van der Waals surface area (Å²) in [7, 11) is 0. The number of aliphatic hydroxyl groups excluding tert-OH is 1. The predicted octanol–water partition coefficient (Wildman–Crippen LogP) is 2.49. The standard InChI is InChI=1S/C21H32N2O5/c1-5-6-12-23(13-14-24)19(25)18(22-20(26)28-21(2,3)4)16-27-15-17-10-8-7-9-11-17/h5,7-11,18,24H,1,6,12-16H2,2-4H3,(H,22,26)/t18-/m0/s1. The van der Waals surface area contributed by atoms with Gasteiger partial charge in [0, 0.05) is 13.1 Å². The number of nitrogens with zero attached hydrogens (tertiary/aromatic N) is 1. The summed E-state index contributed by atoms with van der Waals surface area (Å²) in [6.45, 7) is 9.59. The van der Waals surface area contributed by atoms with E-state index in [-0.39, 0.29) is 25.7 Å². The maximum absolute atomic E-state index is 12.9. The molecule has 1 atom stereocenters. The summed E-state index contributed by atoms with van der Waals surface area (Å²) in [5, 5.41) is 11.9. The maximum Gasteiger partial charge on any atom is 0.408 e. The Hall–Kier alpha value is -2.38. The first-order chi connectivity index (χ1) is 13.3. The van der Waals surface area contributed by atoms with Crippen molar-refractivity contribution in [1.29, 1.82) is 0 Å². The SMILES string of the molecule is C=CCCN(CCO)C(=O)[C@H](COCc1ccccc1)NC(=O)OC(C)(C)C. The van der Waals surface area contributed by atoms with Crippen molar-refractivity contribution in [2.24, 2.45) is 0 Å². The number of carbonyl (C=O) groups excluding carboxylic acids is 2. The number of nitrogens with one attached hydrogen (secondary N) is 1. The molecule has 0 aliphatic rings. The molecule has 28 heavy (non-hydrogen) atoms. The van der Waals surface area contributed by atoms with E-state index < -0.39 is 17.7 Å². The zero-order chi connectivity index (χ0) is 21.0. The van der Waals surface area contributed by atoms with E-state index in [0.717, 1.165) is 5.56 Å². The Morgan fingerprint density at radius 3 is 2.50 bits per heavy atom. The molecular formula is C21H32N2O5. The van der Waals surface area contributed by atoms with Crippen molar-refractivity contribution < 1.29 is 24.2 Å². The van der Waals surface area contributed by atoms with Gasteiger partial charge in [0.2, 0.25) is 5.91 Å². The molecule has 0 saturated heterocycles. The summed E-state index contributed by atoms with van der Waals surface area (Å²) in [6.07, 6.45) is 1.58. The Balaban J connectivity index is 2.80. The molecule has 2 amide bonds. The van der Waals surface area contributed by atoms with Crippen LogP contribution in [0.3, 0.4) is 0 Å². The van der Waals surface area contributed by atoms with E-state index in [1.807, 2.05) is 30.3 Å². The minimum Gasteiger partial charge on any atom is -0.444 e. The minimum atomic E-state index is -0.921. The van der Waals surface area contributed by atoms with Crippen molar-refractivity contribution in [3.05, 3.63) is 48.6 Å². The molecule has 2 N–H and O–H groups in total. The third kappa shape index (κ3) is 9.53. The molecule has 0 radical (unpaired) electrons. The van der Waals surface area contributed by atoms with Gasteiger partial charge in [-0.05, 0) is 32.8 Å².